The number of fused-ring (bicyclic) bond motifs is 5. The summed E-state index contributed by atoms with van der Waals surface area (Å²) in [6.45, 7) is 3.17. The molecule has 0 aliphatic carbocycles. The van der Waals surface area contributed by atoms with Crippen LogP contribution in [0.1, 0.15) is 17.5 Å². The molecule has 5 heteroatoms. The lowest BCUT2D eigenvalue weighted by atomic mass is 10.1. The van der Waals surface area contributed by atoms with Crippen LogP contribution in [0.25, 0.3) is 16.0 Å². The molecule has 1 amide bonds. The smallest absolute Gasteiger partial charge is 0.219 e. The highest BCUT2D eigenvalue weighted by molar-refractivity contribution is 7.17. The maximum absolute atomic E-state index is 11.5. The Labute approximate surface area is 114 Å². The van der Waals surface area contributed by atoms with Crippen molar-refractivity contribution >= 4 is 33.2 Å². The minimum atomic E-state index is 0.154. The fourth-order valence-electron chi connectivity index (χ4n) is 2.76. The molecule has 1 aliphatic rings. The van der Waals surface area contributed by atoms with Gasteiger partial charge in [0.25, 0.3) is 0 Å². The Kier molecular flexibility index (Phi) is 2.20. The van der Waals surface area contributed by atoms with Crippen LogP contribution in [0.4, 0.5) is 0 Å². The lowest BCUT2D eigenvalue weighted by Crippen LogP contribution is -2.33. The first-order chi connectivity index (χ1) is 9.24. The van der Waals surface area contributed by atoms with E-state index in [1.165, 1.54) is 16.1 Å². The summed E-state index contributed by atoms with van der Waals surface area (Å²) >= 11 is 1.70. The van der Waals surface area contributed by atoms with Gasteiger partial charge in [0, 0.05) is 30.5 Å². The van der Waals surface area contributed by atoms with Gasteiger partial charge in [-0.05, 0) is 12.1 Å². The highest BCUT2D eigenvalue weighted by atomic mass is 32.1. The molecule has 3 aromatic rings. The number of amides is 1. The van der Waals surface area contributed by atoms with Crippen molar-refractivity contribution in [2.75, 3.05) is 6.54 Å². The van der Waals surface area contributed by atoms with E-state index in [4.69, 9.17) is 0 Å². The maximum Gasteiger partial charge on any atom is 0.219 e. The second-order valence-corrected chi connectivity index (χ2v) is 5.94. The quantitative estimate of drug-likeness (QED) is 0.630. The summed E-state index contributed by atoms with van der Waals surface area (Å²) in [4.78, 5) is 20.4. The van der Waals surface area contributed by atoms with Crippen molar-refractivity contribution in [2.45, 2.75) is 19.9 Å². The minimum absolute atomic E-state index is 0.154. The van der Waals surface area contributed by atoms with Crippen LogP contribution in [0.15, 0.2) is 24.3 Å². The molecule has 96 valence electrons. The van der Waals surface area contributed by atoms with Crippen LogP contribution in [0, 0.1) is 0 Å². The first kappa shape index (κ1) is 11.0. The number of para-hydroxylation sites is 2. The summed E-state index contributed by atoms with van der Waals surface area (Å²) in [5.74, 6) is 0.154. The predicted octanol–water partition coefficient (Wildman–Crippen LogP) is 2.45. The van der Waals surface area contributed by atoms with Gasteiger partial charge < -0.3 is 4.90 Å². The number of nitrogens with zero attached hydrogens (tertiary/aromatic N) is 3. The topological polar surface area (TPSA) is 37.6 Å². The van der Waals surface area contributed by atoms with E-state index < -0.39 is 0 Å². The summed E-state index contributed by atoms with van der Waals surface area (Å²) < 4.78 is 2.26. The number of carbonyl (C=O) groups excluding carboxylic acids is 1. The van der Waals surface area contributed by atoms with Gasteiger partial charge >= 0.3 is 0 Å². The molecule has 2 aromatic heterocycles. The highest BCUT2D eigenvalue weighted by Crippen LogP contribution is 2.31. The molecule has 4 rings (SSSR count). The Hall–Kier alpha value is -1.88. The average molecular weight is 271 g/mol. The summed E-state index contributed by atoms with van der Waals surface area (Å²) in [6.07, 6.45) is 0.912. The average Bonchev–Trinajstić information content (AvgIpc) is 2.92. The van der Waals surface area contributed by atoms with Crippen LogP contribution in [0.3, 0.4) is 0 Å². The molecule has 0 radical (unpaired) electrons. The van der Waals surface area contributed by atoms with Gasteiger partial charge in [0.15, 0.2) is 4.96 Å². The Morgan fingerprint density at radius 3 is 3.05 bits per heavy atom. The van der Waals surface area contributed by atoms with Crippen LogP contribution >= 0.6 is 11.3 Å². The highest BCUT2D eigenvalue weighted by Gasteiger charge is 2.24. The second-order valence-electron chi connectivity index (χ2n) is 4.88. The third-order valence-corrected chi connectivity index (χ3v) is 4.80. The zero-order valence-electron chi connectivity index (χ0n) is 10.6. The number of imidazole rings is 1. The first-order valence-corrected chi connectivity index (χ1v) is 7.19. The van der Waals surface area contributed by atoms with Crippen molar-refractivity contribution in [3.05, 3.63) is 34.8 Å². The van der Waals surface area contributed by atoms with E-state index in [-0.39, 0.29) is 5.91 Å². The third-order valence-electron chi connectivity index (χ3n) is 3.73. The summed E-state index contributed by atoms with van der Waals surface area (Å²) in [6, 6.07) is 8.22. The molecule has 0 fully saturated rings. The van der Waals surface area contributed by atoms with Crippen molar-refractivity contribution in [1.29, 1.82) is 0 Å². The van der Waals surface area contributed by atoms with Gasteiger partial charge in [0.1, 0.15) is 0 Å². The number of thiazole rings is 1. The van der Waals surface area contributed by atoms with E-state index in [2.05, 4.69) is 15.5 Å². The van der Waals surface area contributed by atoms with Crippen molar-refractivity contribution in [3.63, 3.8) is 0 Å². The standard InChI is InChI=1S/C14H13N3OS/c1-9(18)16-7-6-12-13(8-16)19-14-15-10-4-2-3-5-11(10)17(12)14/h2-5H,6-8H2,1H3. The van der Waals surface area contributed by atoms with Crippen LogP contribution in [-0.4, -0.2) is 26.7 Å². The number of aromatic nitrogens is 2. The number of hydrogen-bond donors (Lipinski definition) is 0. The van der Waals surface area contributed by atoms with E-state index in [0.717, 1.165) is 30.0 Å². The van der Waals surface area contributed by atoms with Crippen molar-refractivity contribution in [3.8, 4) is 0 Å². The number of carbonyl (C=O) groups is 1. The molecule has 0 saturated heterocycles. The largest absolute Gasteiger partial charge is 0.337 e. The van der Waals surface area contributed by atoms with E-state index in [1.807, 2.05) is 23.1 Å². The zero-order valence-corrected chi connectivity index (χ0v) is 11.4. The van der Waals surface area contributed by atoms with Gasteiger partial charge in [-0.15, -0.1) is 0 Å². The summed E-state index contributed by atoms with van der Waals surface area (Å²) in [5.41, 5.74) is 3.54. The Bertz CT molecular complexity index is 802. The van der Waals surface area contributed by atoms with E-state index >= 15 is 0 Å². The molecule has 0 bridgehead atoms. The van der Waals surface area contributed by atoms with E-state index in [1.54, 1.807) is 18.3 Å². The molecular formula is C14H13N3OS. The predicted molar refractivity (Wildman–Crippen MR) is 75.4 cm³/mol. The van der Waals surface area contributed by atoms with Gasteiger partial charge in [-0.3, -0.25) is 9.20 Å². The first-order valence-electron chi connectivity index (χ1n) is 6.37. The fourth-order valence-corrected chi connectivity index (χ4v) is 3.96. The molecule has 0 unspecified atom stereocenters. The Morgan fingerprint density at radius 1 is 1.37 bits per heavy atom. The Balaban J connectivity index is 1.94. The number of rotatable bonds is 0. The fraction of sp³-hybridized carbons (Fsp3) is 0.286. The lowest BCUT2D eigenvalue weighted by Gasteiger charge is -2.25. The number of benzene rings is 1. The van der Waals surface area contributed by atoms with Gasteiger partial charge in [-0.1, -0.05) is 23.5 Å². The lowest BCUT2D eigenvalue weighted by molar-refractivity contribution is -0.129. The van der Waals surface area contributed by atoms with Gasteiger partial charge in [0.2, 0.25) is 5.91 Å². The van der Waals surface area contributed by atoms with Gasteiger partial charge in [-0.2, -0.15) is 0 Å². The van der Waals surface area contributed by atoms with Gasteiger partial charge in [-0.25, -0.2) is 4.98 Å². The maximum atomic E-state index is 11.5. The third kappa shape index (κ3) is 1.51. The van der Waals surface area contributed by atoms with Crippen LogP contribution in [0.5, 0.6) is 0 Å². The van der Waals surface area contributed by atoms with Crippen LogP contribution in [-0.2, 0) is 17.8 Å². The van der Waals surface area contributed by atoms with Crippen LogP contribution < -0.4 is 0 Å². The van der Waals surface area contributed by atoms with E-state index in [0.29, 0.717) is 0 Å². The SMILES string of the molecule is CC(=O)N1CCc2c(sc3nc4ccccc4n23)C1. The van der Waals surface area contributed by atoms with Crippen molar-refractivity contribution in [1.82, 2.24) is 14.3 Å². The van der Waals surface area contributed by atoms with Crippen molar-refractivity contribution in [2.24, 2.45) is 0 Å². The molecule has 0 N–H and O–H groups in total. The van der Waals surface area contributed by atoms with Crippen molar-refractivity contribution < 1.29 is 4.79 Å². The molecule has 4 nitrogen and oxygen atoms in total. The Morgan fingerprint density at radius 2 is 2.21 bits per heavy atom. The van der Waals surface area contributed by atoms with E-state index in [9.17, 15) is 4.79 Å². The molecule has 0 spiro atoms. The van der Waals surface area contributed by atoms with Crippen LogP contribution in [0.2, 0.25) is 0 Å². The summed E-state index contributed by atoms with van der Waals surface area (Å²) in [5, 5.41) is 0. The molecule has 0 atom stereocenters. The van der Waals surface area contributed by atoms with Gasteiger partial charge in [0.05, 0.1) is 17.6 Å². The molecular weight excluding hydrogens is 258 g/mol. The molecule has 19 heavy (non-hydrogen) atoms. The zero-order chi connectivity index (χ0) is 13.0. The monoisotopic (exact) mass is 271 g/mol. The number of hydrogen-bond acceptors (Lipinski definition) is 3. The minimum Gasteiger partial charge on any atom is -0.337 e. The molecule has 1 aliphatic heterocycles. The normalized spacial score (nSPS) is 15.1. The molecule has 1 aromatic carbocycles. The molecule has 0 saturated carbocycles. The molecule has 3 heterocycles. The summed E-state index contributed by atoms with van der Waals surface area (Å²) in [7, 11) is 0. The second kappa shape index (κ2) is 3.81.